The zero-order valence-corrected chi connectivity index (χ0v) is 13.7. The fourth-order valence-electron chi connectivity index (χ4n) is 3.67. The van der Waals surface area contributed by atoms with E-state index in [1.165, 1.54) is 0 Å². The van der Waals surface area contributed by atoms with E-state index in [0.717, 1.165) is 27.4 Å². The number of para-hydroxylation sites is 1. The van der Waals surface area contributed by atoms with Gasteiger partial charge in [0.2, 0.25) is 0 Å². The van der Waals surface area contributed by atoms with Gasteiger partial charge in [0.05, 0.1) is 0 Å². The number of hydrogen-bond donors (Lipinski definition) is 5. The minimum Gasteiger partial charge on any atom is -0.508 e. The third-order valence-electron chi connectivity index (χ3n) is 4.93. The first-order valence-electron chi connectivity index (χ1n) is 8.26. The van der Waals surface area contributed by atoms with Gasteiger partial charge in [-0.1, -0.05) is 18.2 Å². The number of aromatic nitrogens is 2. The molecule has 2 aromatic carbocycles. The zero-order chi connectivity index (χ0) is 17.9. The van der Waals surface area contributed by atoms with Crippen molar-refractivity contribution < 1.29 is 9.90 Å². The van der Waals surface area contributed by atoms with E-state index in [9.17, 15) is 9.90 Å². The van der Waals surface area contributed by atoms with E-state index in [1.807, 2.05) is 30.5 Å². The molecule has 6 nitrogen and oxygen atoms in total. The van der Waals surface area contributed by atoms with Crippen LogP contribution in [0.4, 0.5) is 0 Å². The second-order valence-electron chi connectivity index (χ2n) is 6.56. The predicted octanol–water partition coefficient (Wildman–Crippen LogP) is 2.68. The van der Waals surface area contributed by atoms with Gasteiger partial charge in [-0.2, -0.15) is 0 Å². The van der Waals surface area contributed by atoms with Crippen LogP contribution < -0.4 is 11.1 Å². The molecule has 0 saturated heterocycles. The van der Waals surface area contributed by atoms with Crippen molar-refractivity contribution in [3.8, 4) is 5.75 Å². The molecule has 0 saturated carbocycles. The van der Waals surface area contributed by atoms with E-state index >= 15 is 0 Å². The fraction of sp³-hybridized carbons (Fsp3) is 0.0500. The molecule has 128 valence electrons. The van der Waals surface area contributed by atoms with Gasteiger partial charge in [0.15, 0.2) is 0 Å². The number of hydrogen-bond acceptors (Lipinski definition) is 3. The van der Waals surface area contributed by atoms with Crippen molar-refractivity contribution >= 4 is 33.3 Å². The topological polar surface area (TPSA) is 107 Å². The first kappa shape index (κ1) is 14.8. The average molecular weight is 344 g/mol. The number of phenols is 1. The Morgan fingerprint density at radius 1 is 0.962 bits per heavy atom. The molecular weight excluding hydrogens is 328 g/mol. The summed E-state index contributed by atoms with van der Waals surface area (Å²) in [4.78, 5) is 19.0. The van der Waals surface area contributed by atoms with Crippen LogP contribution in [0, 0.1) is 0 Å². The third kappa shape index (κ3) is 1.99. The van der Waals surface area contributed by atoms with Crippen LogP contribution in [0.25, 0.3) is 27.4 Å². The molecule has 26 heavy (non-hydrogen) atoms. The Balaban J connectivity index is 1.68. The lowest BCUT2D eigenvalue weighted by Gasteiger charge is -2.21. The Morgan fingerprint density at radius 2 is 1.73 bits per heavy atom. The minimum absolute atomic E-state index is 0.145. The molecule has 1 aliphatic heterocycles. The van der Waals surface area contributed by atoms with E-state index in [1.54, 1.807) is 30.5 Å². The number of benzene rings is 2. The molecule has 0 spiro atoms. The molecule has 1 unspecified atom stereocenters. The number of aromatic amines is 2. The van der Waals surface area contributed by atoms with Gasteiger partial charge < -0.3 is 26.1 Å². The van der Waals surface area contributed by atoms with Crippen molar-refractivity contribution in [2.75, 3.05) is 0 Å². The first-order valence-corrected chi connectivity index (χ1v) is 8.26. The highest BCUT2D eigenvalue weighted by Crippen LogP contribution is 2.36. The summed E-state index contributed by atoms with van der Waals surface area (Å²) in [7, 11) is 0. The summed E-state index contributed by atoms with van der Waals surface area (Å²) in [6, 6.07) is 12.8. The molecular formula is C20H16N4O2. The summed E-state index contributed by atoms with van der Waals surface area (Å²) < 4.78 is 0. The summed E-state index contributed by atoms with van der Waals surface area (Å²) in [5.41, 5.74) is 9.24. The van der Waals surface area contributed by atoms with Gasteiger partial charge in [-0.25, -0.2) is 0 Å². The number of carbonyl (C=O) groups is 1. The number of H-pyrrole nitrogens is 2. The van der Waals surface area contributed by atoms with Crippen molar-refractivity contribution in [1.29, 1.82) is 0 Å². The van der Waals surface area contributed by atoms with Gasteiger partial charge in [0.1, 0.15) is 11.4 Å². The van der Waals surface area contributed by atoms with E-state index in [2.05, 4.69) is 15.3 Å². The summed E-state index contributed by atoms with van der Waals surface area (Å²) in [5.74, 6) is -0.0844. The lowest BCUT2D eigenvalue weighted by atomic mass is 9.98. The van der Waals surface area contributed by atoms with E-state index in [4.69, 9.17) is 5.73 Å². The minimum atomic E-state index is -1.16. The van der Waals surface area contributed by atoms with E-state index in [0.29, 0.717) is 11.1 Å². The summed E-state index contributed by atoms with van der Waals surface area (Å²) in [6.07, 6.45) is 5.33. The number of nitrogens with one attached hydrogen (secondary N) is 3. The predicted molar refractivity (Wildman–Crippen MR) is 100 cm³/mol. The van der Waals surface area contributed by atoms with Crippen LogP contribution >= 0.6 is 0 Å². The van der Waals surface area contributed by atoms with E-state index < -0.39 is 5.66 Å². The molecule has 0 radical (unpaired) electrons. The Labute approximate surface area is 148 Å². The molecule has 2 aromatic heterocycles. The average Bonchev–Trinajstić information content (AvgIpc) is 3.30. The zero-order valence-electron chi connectivity index (χ0n) is 13.7. The quantitative estimate of drug-likeness (QED) is 0.386. The molecule has 3 heterocycles. The maximum Gasteiger partial charge on any atom is 0.253 e. The normalized spacial score (nSPS) is 19.9. The van der Waals surface area contributed by atoms with Crippen LogP contribution in [-0.4, -0.2) is 21.0 Å². The lowest BCUT2D eigenvalue weighted by Crippen LogP contribution is -2.47. The molecule has 4 aromatic rings. The van der Waals surface area contributed by atoms with Crippen LogP contribution in [0.3, 0.4) is 0 Å². The van der Waals surface area contributed by atoms with E-state index in [-0.39, 0.29) is 11.7 Å². The van der Waals surface area contributed by atoms with Crippen LogP contribution in [0.5, 0.6) is 5.75 Å². The summed E-state index contributed by atoms with van der Waals surface area (Å²) in [5, 5.41) is 14.4. The Hall–Kier alpha value is -3.51. The van der Waals surface area contributed by atoms with Crippen molar-refractivity contribution in [3.63, 3.8) is 0 Å². The number of phenolic OH excluding ortho intramolecular Hbond substituents is 1. The number of fused-ring (bicyclic) bond motifs is 2. The number of aromatic hydroxyl groups is 1. The molecule has 0 bridgehead atoms. The highest BCUT2D eigenvalue weighted by Gasteiger charge is 2.38. The van der Waals surface area contributed by atoms with Gasteiger partial charge in [-0.15, -0.1) is 0 Å². The SMILES string of the molecule is NC1(c2c[nH]c3ccc(O)cc23)C=C(c2c[nH]c3ccccc23)C(=O)N1. The molecule has 1 amide bonds. The van der Waals surface area contributed by atoms with Gasteiger partial charge in [0.25, 0.3) is 5.91 Å². The summed E-state index contributed by atoms with van der Waals surface area (Å²) in [6.45, 7) is 0. The number of rotatable bonds is 2. The molecule has 0 aliphatic carbocycles. The van der Waals surface area contributed by atoms with Gasteiger partial charge in [-0.3, -0.25) is 4.79 Å². The number of carbonyl (C=O) groups excluding carboxylic acids is 1. The number of amides is 1. The monoisotopic (exact) mass is 344 g/mol. The highest BCUT2D eigenvalue weighted by molar-refractivity contribution is 6.25. The molecule has 5 rings (SSSR count). The summed E-state index contributed by atoms with van der Waals surface area (Å²) >= 11 is 0. The second-order valence-corrected chi connectivity index (χ2v) is 6.56. The van der Waals surface area contributed by atoms with Crippen LogP contribution in [-0.2, 0) is 10.5 Å². The van der Waals surface area contributed by atoms with Gasteiger partial charge >= 0.3 is 0 Å². The number of nitrogens with two attached hydrogens (primary N) is 1. The first-order chi connectivity index (χ1) is 12.5. The maximum absolute atomic E-state index is 12.7. The van der Waals surface area contributed by atoms with Gasteiger partial charge in [0, 0.05) is 50.9 Å². The molecule has 0 fully saturated rings. The van der Waals surface area contributed by atoms with Crippen molar-refractivity contribution in [3.05, 3.63) is 72.1 Å². The van der Waals surface area contributed by atoms with Gasteiger partial charge in [-0.05, 0) is 30.3 Å². The second kappa shape index (κ2) is 5.00. The van der Waals surface area contributed by atoms with Crippen molar-refractivity contribution in [1.82, 2.24) is 15.3 Å². The van der Waals surface area contributed by atoms with Crippen LogP contribution in [0.15, 0.2) is 60.9 Å². The molecule has 6 N–H and O–H groups in total. The molecule has 1 atom stereocenters. The van der Waals surface area contributed by atoms with Crippen LogP contribution in [0.2, 0.25) is 0 Å². The molecule has 1 aliphatic rings. The standard InChI is InChI=1S/C20H16N4O2/c21-20(16-10-23-18-6-5-11(25)7-13(16)18)8-14(19(26)24-20)15-9-22-17-4-2-1-3-12(15)17/h1-10,22-23,25H,21H2,(H,24,26). The van der Waals surface area contributed by atoms with Crippen LogP contribution in [0.1, 0.15) is 11.1 Å². The Kier molecular flexibility index (Phi) is 2.84. The molecule has 6 heteroatoms. The maximum atomic E-state index is 12.7. The smallest absolute Gasteiger partial charge is 0.253 e. The third-order valence-corrected chi connectivity index (χ3v) is 4.93. The fourth-order valence-corrected chi connectivity index (χ4v) is 3.67. The lowest BCUT2D eigenvalue weighted by molar-refractivity contribution is -0.116. The highest BCUT2D eigenvalue weighted by atomic mass is 16.3. The van der Waals surface area contributed by atoms with Crippen molar-refractivity contribution in [2.45, 2.75) is 5.66 Å². The Bertz CT molecular complexity index is 1220. The largest absolute Gasteiger partial charge is 0.508 e. The Morgan fingerprint density at radius 3 is 2.62 bits per heavy atom. The van der Waals surface area contributed by atoms with Crippen molar-refractivity contribution in [2.24, 2.45) is 5.73 Å².